The largest absolute Gasteiger partial charge is 0.444 e. The molecule has 3 aromatic rings. The highest BCUT2D eigenvalue weighted by molar-refractivity contribution is 5.96. The van der Waals surface area contributed by atoms with Gasteiger partial charge in [0, 0.05) is 45.3 Å². The summed E-state index contributed by atoms with van der Waals surface area (Å²) in [6, 6.07) is 13.6. The molecule has 2 aromatic carbocycles. The summed E-state index contributed by atoms with van der Waals surface area (Å²) in [5, 5.41) is 7.07. The number of ether oxygens (including phenoxy) is 1. The van der Waals surface area contributed by atoms with Gasteiger partial charge in [0.15, 0.2) is 5.69 Å². The average molecular weight is 556 g/mol. The second-order valence-electron chi connectivity index (χ2n) is 11.2. The molecular weight excluding hydrogens is 523 g/mol. The van der Waals surface area contributed by atoms with Crippen LogP contribution in [0, 0.1) is 0 Å². The van der Waals surface area contributed by atoms with Crippen molar-refractivity contribution in [3.8, 4) is 5.69 Å². The van der Waals surface area contributed by atoms with Gasteiger partial charge in [-0.1, -0.05) is 30.3 Å². The summed E-state index contributed by atoms with van der Waals surface area (Å²) >= 11 is 0. The second-order valence-corrected chi connectivity index (χ2v) is 11.2. The van der Waals surface area contributed by atoms with E-state index in [1.165, 1.54) is 20.9 Å². The predicted octanol–water partition coefficient (Wildman–Crippen LogP) is 5.06. The molecule has 1 N–H and O–H groups in total. The highest BCUT2D eigenvalue weighted by atomic mass is 19.4. The fourth-order valence-electron chi connectivity index (χ4n) is 5.09. The first-order chi connectivity index (χ1) is 18.8. The second kappa shape index (κ2) is 10.3. The van der Waals surface area contributed by atoms with Gasteiger partial charge in [-0.2, -0.15) is 18.3 Å². The number of aromatic nitrogens is 2. The zero-order chi connectivity index (χ0) is 28.8. The molecule has 4 heterocycles. The van der Waals surface area contributed by atoms with Gasteiger partial charge in [-0.15, -0.1) is 0 Å². The molecular formula is C29H32F3N5O3. The Morgan fingerprint density at radius 1 is 0.975 bits per heavy atom. The van der Waals surface area contributed by atoms with Crippen molar-refractivity contribution in [3.05, 3.63) is 81.7 Å². The van der Waals surface area contributed by atoms with Crippen LogP contribution in [-0.2, 0) is 43.5 Å². The van der Waals surface area contributed by atoms with Gasteiger partial charge in [-0.3, -0.25) is 9.69 Å². The number of halogens is 3. The van der Waals surface area contributed by atoms with Crippen LogP contribution in [0.15, 0.2) is 42.5 Å². The van der Waals surface area contributed by atoms with Gasteiger partial charge in [0.1, 0.15) is 11.3 Å². The molecule has 40 heavy (non-hydrogen) atoms. The molecule has 0 bridgehead atoms. The van der Waals surface area contributed by atoms with Gasteiger partial charge >= 0.3 is 12.3 Å². The Bertz CT molecular complexity index is 1440. The van der Waals surface area contributed by atoms with E-state index < -0.39 is 29.5 Å². The number of fused-ring (bicyclic) bond motifs is 3. The van der Waals surface area contributed by atoms with E-state index in [-0.39, 0.29) is 30.8 Å². The molecule has 2 amide bonds. The van der Waals surface area contributed by atoms with Gasteiger partial charge in [0.2, 0.25) is 0 Å². The third-order valence-corrected chi connectivity index (χ3v) is 7.06. The number of amides is 2. The lowest BCUT2D eigenvalue weighted by Crippen LogP contribution is -2.35. The molecule has 3 aliphatic rings. The maximum atomic E-state index is 13.6. The SMILES string of the molecule is CN1CCc2c(C(F)(F)F)nn(-c3ccc4c(c3)CN(C(=O)OC(C)(C)C)C4)c2C1=O.c1ccc2c(c1)CNC2. The number of carbonyl (C=O) groups excluding carboxylic acids is 2. The van der Waals surface area contributed by atoms with E-state index in [2.05, 4.69) is 34.7 Å². The van der Waals surface area contributed by atoms with E-state index in [1.807, 2.05) is 0 Å². The highest BCUT2D eigenvalue weighted by Gasteiger charge is 2.42. The van der Waals surface area contributed by atoms with E-state index in [4.69, 9.17) is 4.74 Å². The van der Waals surface area contributed by atoms with Crippen LogP contribution >= 0.6 is 0 Å². The molecule has 0 fully saturated rings. The molecule has 6 rings (SSSR count). The van der Waals surface area contributed by atoms with Crippen LogP contribution in [0.1, 0.15) is 64.8 Å². The number of nitrogens with zero attached hydrogens (tertiary/aromatic N) is 4. The van der Waals surface area contributed by atoms with Crippen molar-refractivity contribution in [2.45, 2.75) is 65.1 Å². The van der Waals surface area contributed by atoms with Crippen LogP contribution in [0.25, 0.3) is 5.69 Å². The van der Waals surface area contributed by atoms with Crippen LogP contribution in [0.4, 0.5) is 18.0 Å². The van der Waals surface area contributed by atoms with Crippen molar-refractivity contribution in [1.29, 1.82) is 0 Å². The van der Waals surface area contributed by atoms with Crippen molar-refractivity contribution in [3.63, 3.8) is 0 Å². The first-order valence-corrected chi connectivity index (χ1v) is 13.1. The molecule has 3 aliphatic heterocycles. The molecule has 1 aromatic heterocycles. The van der Waals surface area contributed by atoms with E-state index in [1.54, 1.807) is 46.0 Å². The summed E-state index contributed by atoms with van der Waals surface area (Å²) in [7, 11) is 1.55. The third-order valence-electron chi connectivity index (χ3n) is 7.06. The number of benzene rings is 2. The van der Waals surface area contributed by atoms with E-state index in [0.29, 0.717) is 12.2 Å². The Morgan fingerprint density at radius 2 is 1.62 bits per heavy atom. The lowest BCUT2D eigenvalue weighted by Gasteiger charge is -2.24. The summed E-state index contributed by atoms with van der Waals surface area (Å²) < 4.78 is 47.2. The van der Waals surface area contributed by atoms with E-state index in [0.717, 1.165) is 28.9 Å². The molecule has 8 nitrogen and oxygen atoms in total. The Kier molecular flexibility index (Phi) is 7.11. The number of rotatable bonds is 1. The lowest BCUT2D eigenvalue weighted by molar-refractivity contribution is -0.142. The van der Waals surface area contributed by atoms with Crippen molar-refractivity contribution in [2.24, 2.45) is 0 Å². The molecule has 0 unspecified atom stereocenters. The van der Waals surface area contributed by atoms with E-state index in [9.17, 15) is 22.8 Å². The molecule has 212 valence electrons. The molecule has 0 saturated heterocycles. The van der Waals surface area contributed by atoms with Crippen LogP contribution in [0.2, 0.25) is 0 Å². The average Bonchev–Trinajstić information content (AvgIpc) is 3.61. The fraction of sp³-hybridized carbons (Fsp3) is 0.414. The number of likely N-dealkylation sites (N-methyl/N-ethyl adjacent to an activating group) is 1. The normalized spacial score (nSPS) is 16.2. The summed E-state index contributed by atoms with van der Waals surface area (Å²) in [6.45, 7) is 8.25. The minimum Gasteiger partial charge on any atom is -0.444 e. The maximum absolute atomic E-state index is 13.6. The Labute approximate surface area is 230 Å². The number of hydrogen-bond donors (Lipinski definition) is 1. The molecule has 11 heteroatoms. The van der Waals surface area contributed by atoms with Crippen LogP contribution in [0.5, 0.6) is 0 Å². The number of nitrogens with one attached hydrogen (secondary N) is 1. The minimum absolute atomic E-state index is 0.0666. The van der Waals surface area contributed by atoms with Crippen molar-refractivity contribution >= 4 is 12.0 Å². The summed E-state index contributed by atoms with van der Waals surface area (Å²) in [5.41, 5.74) is 3.10. The maximum Gasteiger partial charge on any atom is 0.435 e. The number of hydrogen-bond acceptors (Lipinski definition) is 5. The monoisotopic (exact) mass is 555 g/mol. The Balaban J connectivity index is 0.000000301. The molecule has 0 atom stereocenters. The van der Waals surface area contributed by atoms with Crippen LogP contribution in [-0.4, -0.2) is 50.8 Å². The Morgan fingerprint density at radius 3 is 2.25 bits per heavy atom. The first kappa shape index (κ1) is 27.7. The summed E-state index contributed by atoms with van der Waals surface area (Å²) in [5.74, 6) is -0.500. The van der Waals surface area contributed by atoms with E-state index >= 15 is 0 Å². The smallest absolute Gasteiger partial charge is 0.435 e. The standard InChI is InChI=1S/C21H23F3N4O3.C8H9N/c1-20(2,3)31-19(30)27-10-12-5-6-14(9-13(12)11-27)28-16-15(7-8-26(4)18(16)29)17(25-28)21(22,23)24;1-2-4-8-6-9-5-7(8)3-1/h5-6,9H,7-8,10-11H2,1-4H3;1-4,9H,5-6H2. The fourth-order valence-corrected chi connectivity index (χ4v) is 5.09. The van der Waals surface area contributed by atoms with Crippen LogP contribution in [0.3, 0.4) is 0 Å². The van der Waals surface area contributed by atoms with Crippen molar-refractivity contribution < 1.29 is 27.5 Å². The number of carbonyl (C=O) groups is 2. The molecule has 0 radical (unpaired) electrons. The first-order valence-electron chi connectivity index (χ1n) is 13.1. The highest BCUT2D eigenvalue weighted by Crippen LogP contribution is 2.36. The predicted molar refractivity (Wildman–Crippen MR) is 142 cm³/mol. The van der Waals surface area contributed by atoms with Gasteiger partial charge in [0.25, 0.3) is 5.91 Å². The van der Waals surface area contributed by atoms with Gasteiger partial charge < -0.3 is 15.0 Å². The van der Waals surface area contributed by atoms with Crippen LogP contribution < -0.4 is 5.32 Å². The third kappa shape index (κ3) is 5.56. The summed E-state index contributed by atoms with van der Waals surface area (Å²) in [4.78, 5) is 28.0. The number of alkyl halides is 3. The molecule has 0 saturated carbocycles. The quantitative estimate of drug-likeness (QED) is 0.454. The Hall–Kier alpha value is -3.86. The van der Waals surface area contributed by atoms with Gasteiger partial charge in [-0.05, 0) is 61.6 Å². The zero-order valence-corrected chi connectivity index (χ0v) is 22.9. The lowest BCUT2D eigenvalue weighted by atomic mass is 10.0. The van der Waals surface area contributed by atoms with Crippen molar-refractivity contribution in [1.82, 2.24) is 24.9 Å². The minimum atomic E-state index is -4.66. The molecule has 0 aliphatic carbocycles. The summed E-state index contributed by atoms with van der Waals surface area (Å²) in [6.07, 6.45) is -5.03. The topological polar surface area (TPSA) is 79.7 Å². The van der Waals surface area contributed by atoms with Crippen molar-refractivity contribution in [2.75, 3.05) is 13.6 Å². The molecule has 0 spiro atoms. The zero-order valence-electron chi connectivity index (χ0n) is 22.9. The van der Waals surface area contributed by atoms with Gasteiger partial charge in [-0.25, -0.2) is 9.48 Å². The van der Waals surface area contributed by atoms with Gasteiger partial charge in [0.05, 0.1) is 5.69 Å².